The van der Waals surface area contributed by atoms with Crippen molar-refractivity contribution in [3.63, 3.8) is 0 Å². The molecule has 0 spiro atoms. The van der Waals surface area contributed by atoms with E-state index in [9.17, 15) is 13.2 Å². The normalized spacial score (nSPS) is 14.4. The average Bonchev–Trinajstić information content (AvgIpc) is 2.09. The van der Waals surface area contributed by atoms with Gasteiger partial charge in [-0.15, -0.1) is 0 Å². The molecule has 0 rings (SSSR count). The maximum atomic E-state index is 10.6. The van der Waals surface area contributed by atoms with E-state index in [-0.39, 0.29) is 13.2 Å². The minimum absolute atomic E-state index is 0.247. The van der Waals surface area contributed by atoms with E-state index in [0.717, 1.165) is 11.7 Å². The second-order valence-corrected chi connectivity index (χ2v) is 4.58. The summed E-state index contributed by atoms with van der Waals surface area (Å²) < 4.78 is 21.2. The molecule has 0 bridgehead atoms. The lowest BCUT2D eigenvalue weighted by atomic mass is 10.4. The van der Waals surface area contributed by atoms with Crippen LogP contribution in [0.1, 0.15) is 0 Å². The van der Waals surface area contributed by atoms with Crippen molar-refractivity contribution in [2.45, 2.75) is 6.04 Å². The first-order chi connectivity index (χ1) is 6.49. The van der Waals surface area contributed by atoms with Crippen molar-refractivity contribution in [3.8, 4) is 0 Å². The molecule has 0 radical (unpaired) electrons. The summed E-state index contributed by atoms with van der Waals surface area (Å²) in [5, 5.41) is 9.62. The zero-order valence-corrected chi connectivity index (χ0v) is 8.62. The Hall–Kier alpha value is -0.760. The predicted octanol–water partition coefficient (Wildman–Crippen LogP) is -1.80. The fourth-order valence-corrected chi connectivity index (χ4v) is 1.04. The Morgan fingerprint density at radius 3 is 2.57 bits per heavy atom. The first-order valence-electron chi connectivity index (χ1n) is 3.90. The number of carbonyl (C=O) groups is 1. The molecule has 0 heterocycles. The lowest BCUT2D eigenvalue weighted by Crippen LogP contribution is -2.43. The van der Waals surface area contributed by atoms with Crippen LogP contribution >= 0.6 is 0 Å². The summed E-state index contributed by atoms with van der Waals surface area (Å²) in [4.78, 5) is 10.2. The molecule has 0 aliphatic rings. The van der Waals surface area contributed by atoms with Crippen LogP contribution in [0.4, 0.5) is 0 Å². The first kappa shape index (κ1) is 13.2. The van der Waals surface area contributed by atoms with Crippen molar-refractivity contribution in [1.82, 2.24) is 10.9 Å². The number of hydrogen-bond acceptors (Lipinski definition) is 6. The van der Waals surface area contributed by atoms with Crippen molar-refractivity contribution >= 4 is 16.1 Å². The standard InChI is InChI=1S/C7H14N2O4S/c1-14(12,13)4-2-3-8-9-7(5-10)6-11/h2,4-5,7-9,11H,3,6H2,1H3/b4-2+/t7-/m1/s1. The van der Waals surface area contributed by atoms with E-state index < -0.39 is 15.9 Å². The quantitative estimate of drug-likeness (QED) is 0.267. The van der Waals surface area contributed by atoms with Crippen molar-refractivity contribution in [3.05, 3.63) is 11.5 Å². The van der Waals surface area contributed by atoms with Gasteiger partial charge in [-0.05, 0) is 0 Å². The van der Waals surface area contributed by atoms with Crippen LogP contribution in [-0.2, 0) is 14.6 Å². The van der Waals surface area contributed by atoms with Gasteiger partial charge in [0.1, 0.15) is 6.29 Å². The van der Waals surface area contributed by atoms with Crippen molar-refractivity contribution in [2.75, 3.05) is 19.4 Å². The third-order valence-electron chi connectivity index (χ3n) is 1.21. The summed E-state index contributed by atoms with van der Waals surface area (Å²) in [5.74, 6) is 0. The Morgan fingerprint density at radius 1 is 1.50 bits per heavy atom. The van der Waals surface area contributed by atoms with Gasteiger partial charge in [0.25, 0.3) is 0 Å². The van der Waals surface area contributed by atoms with Gasteiger partial charge in [0.2, 0.25) is 0 Å². The first-order valence-corrected chi connectivity index (χ1v) is 5.86. The highest BCUT2D eigenvalue weighted by molar-refractivity contribution is 7.93. The molecular weight excluding hydrogens is 208 g/mol. The number of nitrogens with one attached hydrogen (secondary N) is 2. The Bertz CT molecular complexity index is 286. The number of aliphatic hydroxyl groups excluding tert-OH is 1. The van der Waals surface area contributed by atoms with Gasteiger partial charge >= 0.3 is 0 Å². The Kier molecular flexibility index (Phi) is 6.30. The summed E-state index contributed by atoms with van der Waals surface area (Å²) in [6.07, 6.45) is 3.02. The van der Waals surface area contributed by atoms with Crippen LogP contribution < -0.4 is 10.9 Å². The molecule has 0 saturated heterocycles. The third-order valence-corrected chi connectivity index (χ3v) is 1.90. The Balaban J connectivity index is 3.66. The fraction of sp³-hybridized carbons (Fsp3) is 0.571. The van der Waals surface area contributed by atoms with Crippen LogP contribution in [0.15, 0.2) is 11.5 Å². The highest BCUT2D eigenvalue weighted by Gasteiger charge is 2.01. The second kappa shape index (κ2) is 6.66. The van der Waals surface area contributed by atoms with Crippen LogP contribution in [-0.4, -0.2) is 45.3 Å². The molecule has 0 unspecified atom stereocenters. The summed E-state index contributed by atoms with van der Waals surface area (Å²) >= 11 is 0. The van der Waals surface area contributed by atoms with E-state index in [1.807, 2.05) is 0 Å². The van der Waals surface area contributed by atoms with E-state index >= 15 is 0 Å². The Morgan fingerprint density at radius 2 is 2.14 bits per heavy atom. The number of rotatable bonds is 7. The van der Waals surface area contributed by atoms with Crippen LogP contribution in [0.5, 0.6) is 0 Å². The molecule has 0 amide bonds. The van der Waals surface area contributed by atoms with E-state index in [4.69, 9.17) is 5.11 Å². The Labute approximate surface area is 82.9 Å². The molecule has 3 N–H and O–H groups in total. The lowest BCUT2D eigenvalue weighted by molar-refractivity contribution is -0.110. The second-order valence-electron chi connectivity index (χ2n) is 2.65. The van der Waals surface area contributed by atoms with E-state index in [0.29, 0.717) is 6.29 Å². The van der Waals surface area contributed by atoms with Crippen molar-refractivity contribution in [1.29, 1.82) is 0 Å². The highest BCUT2D eigenvalue weighted by Crippen LogP contribution is 1.83. The lowest BCUT2D eigenvalue weighted by Gasteiger charge is -2.08. The number of hydrogen-bond donors (Lipinski definition) is 3. The van der Waals surface area contributed by atoms with Crippen LogP contribution in [0.25, 0.3) is 0 Å². The zero-order valence-electron chi connectivity index (χ0n) is 7.80. The third kappa shape index (κ3) is 7.87. The SMILES string of the molecule is CS(=O)(=O)/C=C/CNN[C@H](C=O)CO. The smallest absolute Gasteiger partial charge is 0.168 e. The monoisotopic (exact) mass is 222 g/mol. The molecule has 0 saturated carbocycles. The maximum Gasteiger partial charge on any atom is 0.168 e. The minimum Gasteiger partial charge on any atom is -0.394 e. The van der Waals surface area contributed by atoms with E-state index in [2.05, 4.69) is 10.9 Å². The van der Waals surface area contributed by atoms with Gasteiger partial charge in [0, 0.05) is 18.2 Å². The zero-order chi connectivity index (χ0) is 11.0. The molecule has 0 fully saturated rings. The number of carbonyl (C=O) groups excluding carboxylic acids is 1. The average molecular weight is 222 g/mol. The molecule has 1 atom stereocenters. The number of hydrazine groups is 1. The fourth-order valence-electron chi connectivity index (χ4n) is 0.595. The molecule has 0 aromatic carbocycles. The molecular formula is C7H14N2O4S. The van der Waals surface area contributed by atoms with Crippen LogP contribution in [0.3, 0.4) is 0 Å². The van der Waals surface area contributed by atoms with Gasteiger partial charge in [0.15, 0.2) is 9.84 Å². The summed E-state index contributed by atoms with van der Waals surface area (Å²) in [5.41, 5.74) is 5.06. The topological polar surface area (TPSA) is 95.5 Å². The largest absolute Gasteiger partial charge is 0.394 e. The van der Waals surface area contributed by atoms with Gasteiger partial charge in [-0.25, -0.2) is 13.8 Å². The van der Waals surface area contributed by atoms with Crippen molar-refractivity contribution in [2.24, 2.45) is 0 Å². The van der Waals surface area contributed by atoms with E-state index in [1.54, 1.807) is 0 Å². The summed E-state index contributed by atoms with van der Waals surface area (Å²) in [6, 6.07) is -0.679. The molecule has 14 heavy (non-hydrogen) atoms. The number of sulfone groups is 1. The van der Waals surface area contributed by atoms with Gasteiger partial charge < -0.3 is 9.90 Å². The van der Waals surface area contributed by atoms with Gasteiger partial charge in [-0.2, -0.15) is 0 Å². The van der Waals surface area contributed by atoms with Crippen LogP contribution in [0, 0.1) is 0 Å². The molecule has 82 valence electrons. The molecule has 0 aliphatic carbocycles. The number of aldehydes is 1. The highest BCUT2D eigenvalue weighted by atomic mass is 32.2. The molecule has 7 heteroatoms. The molecule has 0 aromatic heterocycles. The van der Waals surface area contributed by atoms with Gasteiger partial charge in [-0.1, -0.05) is 6.08 Å². The maximum absolute atomic E-state index is 10.6. The minimum atomic E-state index is -3.10. The molecule has 0 aromatic rings. The van der Waals surface area contributed by atoms with Crippen molar-refractivity contribution < 1.29 is 18.3 Å². The van der Waals surface area contributed by atoms with Crippen LogP contribution in [0.2, 0.25) is 0 Å². The van der Waals surface area contributed by atoms with Gasteiger partial charge in [0.05, 0.1) is 12.6 Å². The summed E-state index contributed by atoms with van der Waals surface area (Å²) in [6.45, 7) is -0.0658. The van der Waals surface area contributed by atoms with Gasteiger partial charge in [-0.3, -0.25) is 5.43 Å². The predicted molar refractivity (Wildman–Crippen MR) is 52.1 cm³/mol. The molecule has 0 aliphatic heterocycles. The summed E-state index contributed by atoms with van der Waals surface area (Å²) in [7, 11) is -3.10. The molecule has 6 nitrogen and oxygen atoms in total. The number of aliphatic hydroxyl groups is 1. The van der Waals surface area contributed by atoms with E-state index in [1.165, 1.54) is 6.08 Å².